The first-order valence-electron chi connectivity index (χ1n) is 10.3. The van der Waals surface area contributed by atoms with E-state index in [0.29, 0.717) is 19.1 Å². The number of likely N-dealkylation sites (tertiary alicyclic amines) is 1. The molecule has 28 heavy (non-hydrogen) atoms. The fourth-order valence-corrected chi connectivity index (χ4v) is 4.58. The first-order valence-corrected chi connectivity index (χ1v) is 10.3. The number of nitrogens with zero attached hydrogens (tertiary/aromatic N) is 1. The van der Waals surface area contributed by atoms with Crippen LogP contribution in [0.3, 0.4) is 0 Å². The second kappa shape index (κ2) is 8.36. The Hall–Kier alpha value is -2.33. The number of carbonyl (C=O) groups excluding carboxylic acids is 1. The van der Waals surface area contributed by atoms with E-state index in [1.807, 2.05) is 12.1 Å². The zero-order valence-electron chi connectivity index (χ0n) is 16.7. The van der Waals surface area contributed by atoms with Crippen LogP contribution in [0.5, 0.6) is 5.75 Å². The summed E-state index contributed by atoms with van der Waals surface area (Å²) in [6.45, 7) is 3.15. The molecule has 4 nitrogen and oxygen atoms in total. The maximum absolute atomic E-state index is 13.5. The SMILES string of the molecule is COc1ccc(-c2ccccc2CC2(C(=O)N3CCCC3)CCOCC2)cc1. The van der Waals surface area contributed by atoms with E-state index in [4.69, 9.17) is 9.47 Å². The molecule has 2 aromatic rings. The van der Waals surface area contributed by atoms with Crippen molar-refractivity contribution in [1.29, 1.82) is 0 Å². The summed E-state index contributed by atoms with van der Waals surface area (Å²) >= 11 is 0. The van der Waals surface area contributed by atoms with E-state index in [1.54, 1.807) is 7.11 Å². The molecule has 2 saturated heterocycles. The third-order valence-electron chi connectivity index (χ3n) is 6.24. The van der Waals surface area contributed by atoms with Gasteiger partial charge in [0.15, 0.2) is 0 Å². The van der Waals surface area contributed by atoms with Gasteiger partial charge < -0.3 is 14.4 Å². The van der Waals surface area contributed by atoms with Gasteiger partial charge in [-0.25, -0.2) is 0 Å². The fourth-order valence-electron chi connectivity index (χ4n) is 4.58. The lowest BCUT2D eigenvalue weighted by molar-refractivity contribution is -0.146. The summed E-state index contributed by atoms with van der Waals surface area (Å²) < 4.78 is 10.9. The van der Waals surface area contributed by atoms with Crippen LogP contribution in [-0.4, -0.2) is 44.2 Å². The minimum Gasteiger partial charge on any atom is -0.497 e. The molecule has 0 aromatic heterocycles. The highest BCUT2D eigenvalue weighted by Crippen LogP contribution is 2.39. The van der Waals surface area contributed by atoms with Crippen LogP contribution in [0.2, 0.25) is 0 Å². The van der Waals surface area contributed by atoms with Crippen molar-refractivity contribution < 1.29 is 14.3 Å². The number of hydrogen-bond donors (Lipinski definition) is 0. The van der Waals surface area contributed by atoms with Crippen LogP contribution in [0.15, 0.2) is 48.5 Å². The largest absolute Gasteiger partial charge is 0.497 e. The lowest BCUT2D eigenvalue weighted by Crippen LogP contribution is -2.47. The Bertz CT molecular complexity index is 803. The van der Waals surface area contributed by atoms with Gasteiger partial charge in [-0.15, -0.1) is 0 Å². The first-order chi connectivity index (χ1) is 13.7. The number of benzene rings is 2. The number of ether oxygens (including phenoxy) is 2. The maximum Gasteiger partial charge on any atom is 0.229 e. The first kappa shape index (κ1) is 19.0. The molecule has 2 fully saturated rings. The van der Waals surface area contributed by atoms with Crippen molar-refractivity contribution in [2.75, 3.05) is 33.4 Å². The van der Waals surface area contributed by atoms with E-state index in [-0.39, 0.29) is 5.41 Å². The Morgan fingerprint density at radius 2 is 1.71 bits per heavy atom. The van der Waals surface area contributed by atoms with Crippen LogP contribution < -0.4 is 4.74 Å². The van der Waals surface area contributed by atoms with E-state index < -0.39 is 0 Å². The van der Waals surface area contributed by atoms with Gasteiger partial charge in [-0.05, 0) is 60.9 Å². The van der Waals surface area contributed by atoms with Gasteiger partial charge in [0.1, 0.15) is 5.75 Å². The second-order valence-corrected chi connectivity index (χ2v) is 7.95. The molecule has 0 bridgehead atoms. The number of carbonyl (C=O) groups is 1. The van der Waals surface area contributed by atoms with Crippen LogP contribution >= 0.6 is 0 Å². The summed E-state index contributed by atoms with van der Waals surface area (Å²) in [5.74, 6) is 1.18. The number of amides is 1. The Morgan fingerprint density at radius 1 is 1.04 bits per heavy atom. The third-order valence-corrected chi connectivity index (χ3v) is 6.24. The summed E-state index contributed by atoms with van der Waals surface area (Å²) in [5, 5.41) is 0. The van der Waals surface area contributed by atoms with E-state index in [9.17, 15) is 4.79 Å². The van der Waals surface area contributed by atoms with Crippen molar-refractivity contribution in [2.45, 2.75) is 32.1 Å². The third kappa shape index (κ3) is 3.79. The van der Waals surface area contributed by atoms with Gasteiger partial charge in [-0.3, -0.25) is 4.79 Å². The van der Waals surface area contributed by atoms with Crippen LogP contribution in [0.25, 0.3) is 11.1 Å². The van der Waals surface area contributed by atoms with Crippen molar-refractivity contribution in [3.05, 3.63) is 54.1 Å². The Balaban J connectivity index is 1.66. The van der Waals surface area contributed by atoms with Gasteiger partial charge in [0, 0.05) is 26.3 Å². The normalized spacial score (nSPS) is 18.8. The van der Waals surface area contributed by atoms with E-state index in [2.05, 4.69) is 41.3 Å². The molecule has 2 aromatic carbocycles. The van der Waals surface area contributed by atoms with Crippen molar-refractivity contribution in [1.82, 2.24) is 4.90 Å². The zero-order valence-corrected chi connectivity index (χ0v) is 16.7. The Kier molecular flexibility index (Phi) is 5.67. The monoisotopic (exact) mass is 379 g/mol. The van der Waals surface area contributed by atoms with Crippen LogP contribution in [0.4, 0.5) is 0 Å². The smallest absolute Gasteiger partial charge is 0.229 e. The quantitative estimate of drug-likeness (QED) is 0.776. The Labute approximate surface area is 167 Å². The molecule has 0 unspecified atom stereocenters. The Morgan fingerprint density at radius 3 is 2.39 bits per heavy atom. The molecule has 0 N–H and O–H groups in total. The molecule has 0 radical (unpaired) electrons. The molecular weight excluding hydrogens is 350 g/mol. The molecule has 0 spiro atoms. The summed E-state index contributed by atoms with van der Waals surface area (Å²) in [6, 6.07) is 16.7. The van der Waals surface area contributed by atoms with Crippen LogP contribution in [0.1, 0.15) is 31.2 Å². The number of hydrogen-bond acceptors (Lipinski definition) is 3. The molecule has 0 saturated carbocycles. The highest BCUT2D eigenvalue weighted by molar-refractivity contribution is 5.84. The summed E-state index contributed by atoms with van der Waals surface area (Å²) in [5.41, 5.74) is 3.25. The molecule has 4 rings (SSSR count). The molecule has 4 heteroatoms. The number of methoxy groups -OCH3 is 1. The van der Waals surface area contributed by atoms with Gasteiger partial charge >= 0.3 is 0 Å². The van der Waals surface area contributed by atoms with Crippen molar-refractivity contribution >= 4 is 5.91 Å². The van der Waals surface area contributed by atoms with Crippen molar-refractivity contribution in [3.63, 3.8) is 0 Å². The molecule has 2 aliphatic rings. The van der Waals surface area contributed by atoms with Crippen LogP contribution in [0, 0.1) is 5.41 Å². The molecule has 0 atom stereocenters. The van der Waals surface area contributed by atoms with Crippen molar-refractivity contribution in [3.8, 4) is 16.9 Å². The highest BCUT2D eigenvalue weighted by Gasteiger charge is 2.43. The predicted molar refractivity (Wildman–Crippen MR) is 110 cm³/mol. The standard InChI is InChI=1S/C24H29NO3/c1-27-21-10-8-19(9-11-21)22-7-3-2-6-20(22)18-24(12-16-28-17-13-24)23(26)25-14-4-5-15-25/h2-3,6-11H,4-5,12-18H2,1H3. The van der Waals surface area contributed by atoms with E-state index in [1.165, 1.54) is 11.1 Å². The lowest BCUT2D eigenvalue weighted by atomic mass is 9.73. The second-order valence-electron chi connectivity index (χ2n) is 7.95. The molecule has 2 aliphatic heterocycles. The summed E-state index contributed by atoms with van der Waals surface area (Å²) in [6.07, 6.45) is 4.63. The predicted octanol–water partition coefficient (Wildman–Crippen LogP) is 4.32. The summed E-state index contributed by atoms with van der Waals surface area (Å²) in [4.78, 5) is 15.6. The molecule has 0 aliphatic carbocycles. The van der Waals surface area contributed by atoms with Gasteiger partial charge in [-0.2, -0.15) is 0 Å². The van der Waals surface area contributed by atoms with Crippen molar-refractivity contribution in [2.24, 2.45) is 5.41 Å². The molecule has 2 heterocycles. The lowest BCUT2D eigenvalue weighted by Gasteiger charge is -2.39. The highest BCUT2D eigenvalue weighted by atomic mass is 16.5. The topological polar surface area (TPSA) is 38.8 Å². The fraction of sp³-hybridized carbons (Fsp3) is 0.458. The van der Waals surface area contributed by atoms with Gasteiger partial charge in [-0.1, -0.05) is 36.4 Å². The van der Waals surface area contributed by atoms with Gasteiger partial charge in [0.05, 0.1) is 12.5 Å². The van der Waals surface area contributed by atoms with E-state index >= 15 is 0 Å². The average molecular weight is 380 g/mol. The summed E-state index contributed by atoms with van der Waals surface area (Å²) in [7, 11) is 1.68. The van der Waals surface area contributed by atoms with Gasteiger partial charge in [0.2, 0.25) is 5.91 Å². The minimum absolute atomic E-state index is 0.331. The molecule has 148 valence electrons. The van der Waals surface area contributed by atoms with Crippen LogP contribution in [-0.2, 0) is 16.0 Å². The number of rotatable bonds is 5. The maximum atomic E-state index is 13.5. The zero-order chi connectivity index (χ0) is 19.4. The molecular formula is C24H29NO3. The minimum atomic E-state index is -0.342. The van der Waals surface area contributed by atoms with E-state index in [0.717, 1.165) is 56.5 Å². The average Bonchev–Trinajstić information content (AvgIpc) is 3.29. The molecule has 1 amide bonds. The van der Waals surface area contributed by atoms with Gasteiger partial charge in [0.25, 0.3) is 0 Å².